The van der Waals surface area contributed by atoms with E-state index in [1.807, 2.05) is 0 Å². The first-order valence-electron chi connectivity index (χ1n) is 8.60. The van der Waals surface area contributed by atoms with Crippen molar-refractivity contribution in [2.75, 3.05) is 45.2 Å². The summed E-state index contributed by atoms with van der Waals surface area (Å²) < 4.78 is 4.76. The maximum Gasteiger partial charge on any atom is 0.339 e. The van der Waals surface area contributed by atoms with Crippen molar-refractivity contribution in [1.29, 1.82) is 0 Å². The van der Waals surface area contributed by atoms with Crippen LogP contribution in [-0.2, 0) is 16.1 Å². The minimum atomic E-state index is -0.455. The molecule has 138 valence electrons. The fraction of sp³-hybridized carbons (Fsp3) is 0.368. The number of amides is 1. The zero-order valence-corrected chi connectivity index (χ0v) is 15.6. The Bertz CT molecular complexity index is 740. The highest BCUT2D eigenvalue weighted by Gasteiger charge is 2.20. The molecular weight excluding hydrogens is 350 g/mol. The number of hydrogen-bond donors (Lipinski definition) is 1. The van der Waals surface area contributed by atoms with Gasteiger partial charge in [-0.05, 0) is 23.6 Å². The van der Waals surface area contributed by atoms with Crippen molar-refractivity contribution in [3.63, 3.8) is 0 Å². The number of methoxy groups -OCH3 is 1. The van der Waals surface area contributed by atoms with Crippen molar-refractivity contribution >= 4 is 28.9 Å². The first-order valence-corrected chi connectivity index (χ1v) is 9.48. The summed E-state index contributed by atoms with van der Waals surface area (Å²) in [4.78, 5) is 30.1. The first-order chi connectivity index (χ1) is 12.7. The van der Waals surface area contributed by atoms with E-state index in [2.05, 4.69) is 32.6 Å². The average molecular weight is 373 g/mol. The van der Waals surface area contributed by atoms with E-state index in [1.54, 1.807) is 35.6 Å². The molecule has 1 aromatic heterocycles. The number of carbonyl (C=O) groups is 2. The molecule has 1 saturated heterocycles. The van der Waals surface area contributed by atoms with Crippen LogP contribution in [0.25, 0.3) is 0 Å². The van der Waals surface area contributed by atoms with Crippen LogP contribution in [0.3, 0.4) is 0 Å². The van der Waals surface area contributed by atoms with Gasteiger partial charge in [-0.2, -0.15) is 0 Å². The second-order valence-corrected chi connectivity index (χ2v) is 7.25. The van der Waals surface area contributed by atoms with Crippen LogP contribution in [0, 0.1) is 0 Å². The minimum absolute atomic E-state index is 0.118. The Balaban J connectivity index is 1.48. The van der Waals surface area contributed by atoms with E-state index < -0.39 is 5.97 Å². The molecule has 0 radical (unpaired) electrons. The lowest BCUT2D eigenvalue weighted by Crippen LogP contribution is -2.48. The van der Waals surface area contributed by atoms with Crippen molar-refractivity contribution in [1.82, 2.24) is 9.80 Å². The highest BCUT2D eigenvalue weighted by Crippen LogP contribution is 2.17. The average Bonchev–Trinajstić information content (AvgIpc) is 3.16. The molecule has 2 aromatic rings. The smallest absolute Gasteiger partial charge is 0.339 e. The molecule has 26 heavy (non-hydrogen) atoms. The third kappa shape index (κ3) is 4.91. The molecule has 7 heteroatoms. The van der Waals surface area contributed by atoms with Crippen LogP contribution in [0.5, 0.6) is 0 Å². The molecule has 0 saturated carbocycles. The SMILES string of the molecule is COC(=O)c1ccccc1NC(=O)CN1CCN(Cc2cccs2)CC1. The van der Waals surface area contributed by atoms with Crippen LogP contribution in [-0.4, -0.2) is 61.5 Å². The highest BCUT2D eigenvalue weighted by molar-refractivity contribution is 7.09. The molecule has 0 unspecified atom stereocenters. The molecule has 0 spiro atoms. The predicted octanol–water partition coefficient (Wildman–Crippen LogP) is 2.29. The van der Waals surface area contributed by atoms with Gasteiger partial charge < -0.3 is 10.1 Å². The third-order valence-electron chi connectivity index (χ3n) is 4.40. The van der Waals surface area contributed by atoms with Gasteiger partial charge in [-0.25, -0.2) is 4.79 Å². The van der Waals surface area contributed by atoms with Crippen LogP contribution in [0.2, 0.25) is 0 Å². The van der Waals surface area contributed by atoms with Gasteiger partial charge in [0, 0.05) is 37.6 Å². The molecular formula is C19H23N3O3S. The summed E-state index contributed by atoms with van der Waals surface area (Å²) in [5.41, 5.74) is 0.852. The normalized spacial score (nSPS) is 15.6. The second kappa shape index (κ2) is 8.93. The molecule has 0 bridgehead atoms. The van der Waals surface area contributed by atoms with Crippen LogP contribution in [0.4, 0.5) is 5.69 Å². The fourth-order valence-electron chi connectivity index (χ4n) is 3.00. The monoisotopic (exact) mass is 373 g/mol. The van der Waals surface area contributed by atoms with Crippen molar-refractivity contribution in [2.45, 2.75) is 6.54 Å². The summed E-state index contributed by atoms with van der Waals surface area (Å²) in [6.07, 6.45) is 0. The fourth-order valence-corrected chi connectivity index (χ4v) is 3.75. The molecule has 0 aliphatic carbocycles. The Morgan fingerprint density at radius 1 is 1.08 bits per heavy atom. The number of carbonyl (C=O) groups excluding carboxylic acids is 2. The Morgan fingerprint density at radius 2 is 1.81 bits per heavy atom. The number of benzene rings is 1. The summed E-state index contributed by atoms with van der Waals surface area (Å²) in [6.45, 7) is 4.91. The number of rotatable bonds is 6. The molecule has 6 nitrogen and oxygen atoms in total. The van der Waals surface area contributed by atoms with Crippen LogP contribution in [0.15, 0.2) is 41.8 Å². The topological polar surface area (TPSA) is 61.9 Å². The number of nitrogens with one attached hydrogen (secondary N) is 1. The van der Waals surface area contributed by atoms with E-state index in [1.165, 1.54) is 12.0 Å². The first kappa shape index (κ1) is 18.6. The molecule has 0 atom stereocenters. The van der Waals surface area contributed by atoms with E-state index in [-0.39, 0.29) is 5.91 Å². The lowest BCUT2D eigenvalue weighted by atomic mass is 10.2. The molecule has 1 aliphatic heterocycles. The number of piperazine rings is 1. The lowest BCUT2D eigenvalue weighted by Gasteiger charge is -2.34. The van der Waals surface area contributed by atoms with Crippen molar-refractivity contribution in [3.05, 3.63) is 52.2 Å². The van der Waals surface area contributed by atoms with E-state index >= 15 is 0 Å². The summed E-state index contributed by atoms with van der Waals surface area (Å²) in [6, 6.07) is 11.1. The minimum Gasteiger partial charge on any atom is -0.465 e. The molecule has 1 N–H and O–H groups in total. The van der Waals surface area contributed by atoms with Gasteiger partial charge in [0.25, 0.3) is 0 Å². The second-order valence-electron chi connectivity index (χ2n) is 6.22. The summed E-state index contributed by atoms with van der Waals surface area (Å²) in [7, 11) is 1.33. The number of hydrogen-bond acceptors (Lipinski definition) is 6. The number of nitrogens with zero attached hydrogens (tertiary/aromatic N) is 2. The summed E-state index contributed by atoms with van der Waals surface area (Å²) in [5.74, 6) is -0.573. The van der Waals surface area contributed by atoms with Gasteiger partial charge in [-0.15, -0.1) is 11.3 Å². The van der Waals surface area contributed by atoms with E-state index in [4.69, 9.17) is 4.74 Å². The summed E-state index contributed by atoms with van der Waals surface area (Å²) >= 11 is 1.78. The zero-order chi connectivity index (χ0) is 18.4. The molecule has 1 fully saturated rings. The van der Waals surface area contributed by atoms with Gasteiger partial charge in [0.15, 0.2) is 0 Å². The molecule has 3 rings (SSSR count). The number of thiophene rings is 1. The number of anilines is 1. The quantitative estimate of drug-likeness (QED) is 0.788. The van der Waals surface area contributed by atoms with E-state index in [0.29, 0.717) is 17.8 Å². The van der Waals surface area contributed by atoms with Gasteiger partial charge in [-0.3, -0.25) is 14.6 Å². The van der Waals surface area contributed by atoms with Gasteiger partial charge in [0.05, 0.1) is 24.9 Å². The standard InChI is InChI=1S/C19H23N3O3S/c1-25-19(24)16-6-2-3-7-17(16)20-18(23)14-22-10-8-21(9-11-22)13-15-5-4-12-26-15/h2-7,12H,8-11,13-14H2,1H3,(H,20,23). The zero-order valence-electron chi connectivity index (χ0n) is 14.8. The Labute approximate surface area is 157 Å². The maximum absolute atomic E-state index is 12.4. The predicted molar refractivity (Wildman–Crippen MR) is 102 cm³/mol. The van der Waals surface area contributed by atoms with Crippen LogP contribution in [0.1, 0.15) is 15.2 Å². The van der Waals surface area contributed by atoms with Gasteiger partial charge in [0.2, 0.25) is 5.91 Å². The van der Waals surface area contributed by atoms with Crippen LogP contribution >= 0.6 is 11.3 Å². The Kier molecular flexibility index (Phi) is 6.38. The van der Waals surface area contributed by atoms with Gasteiger partial charge in [-0.1, -0.05) is 18.2 Å². The molecule has 1 amide bonds. The van der Waals surface area contributed by atoms with Crippen molar-refractivity contribution in [3.8, 4) is 0 Å². The Hall–Kier alpha value is -2.22. The van der Waals surface area contributed by atoms with Crippen molar-refractivity contribution < 1.29 is 14.3 Å². The lowest BCUT2D eigenvalue weighted by molar-refractivity contribution is -0.117. The van der Waals surface area contributed by atoms with Gasteiger partial charge >= 0.3 is 5.97 Å². The highest BCUT2D eigenvalue weighted by atomic mass is 32.1. The third-order valence-corrected chi connectivity index (χ3v) is 5.26. The molecule has 2 heterocycles. The number of ether oxygens (including phenoxy) is 1. The van der Waals surface area contributed by atoms with Gasteiger partial charge in [0.1, 0.15) is 0 Å². The Morgan fingerprint density at radius 3 is 2.50 bits per heavy atom. The van der Waals surface area contributed by atoms with E-state index in [0.717, 1.165) is 32.7 Å². The number of para-hydroxylation sites is 1. The largest absolute Gasteiger partial charge is 0.465 e. The van der Waals surface area contributed by atoms with Crippen molar-refractivity contribution in [2.24, 2.45) is 0 Å². The molecule has 1 aromatic carbocycles. The van der Waals surface area contributed by atoms with E-state index in [9.17, 15) is 9.59 Å². The summed E-state index contributed by atoms with van der Waals surface area (Å²) in [5, 5.41) is 4.93. The number of esters is 1. The maximum atomic E-state index is 12.4. The molecule has 1 aliphatic rings. The van der Waals surface area contributed by atoms with Crippen LogP contribution < -0.4 is 5.32 Å².